The van der Waals surface area contributed by atoms with E-state index in [1.54, 1.807) is 0 Å². The molecule has 16 heavy (non-hydrogen) atoms. The molecule has 0 aliphatic heterocycles. The summed E-state index contributed by atoms with van der Waals surface area (Å²) in [5, 5.41) is 12.1. The minimum atomic E-state index is -1.11. The highest BCUT2D eigenvalue weighted by molar-refractivity contribution is 6.36. The van der Waals surface area contributed by atoms with Gasteiger partial charge in [0.2, 0.25) is 0 Å². The van der Waals surface area contributed by atoms with Crippen molar-refractivity contribution >= 4 is 34.8 Å². The number of halogens is 2. The van der Waals surface area contributed by atoms with Crippen molar-refractivity contribution < 1.29 is 14.6 Å². The molecule has 1 aromatic rings. The molecule has 0 aromatic heterocycles. The van der Waals surface area contributed by atoms with Crippen LogP contribution in [0.15, 0.2) is 12.1 Å². The number of hydrogen-bond donors (Lipinski definition) is 2. The summed E-state index contributed by atoms with van der Waals surface area (Å²) < 4.78 is 4.95. The van der Waals surface area contributed by atoms with Crippen LogP contribution in [0.4, 0.5) is 5.69 Å². The monoisotopic (exact) mass is 263 g/mol. The largest absolute Gasteiger partial charge is 0.495 e. The summed E-state index contributed by atoms with van der Waals surface area (Å²) in [6, 6.07) is 2.95. The van der Waals surface area contributed by atoms with Crippen LogP contribution in [-0.4, -0.2) is 24.2 Å². The van der Waals surface area contributed by atoms with Gasteiger partial charge in [0.25, 0.3) is 5.91 Å². The summed E-state index contributed by atoms with van der Waals surface area (Å²) >= 11 is 11.8. The summed E-state index contributed by atoms with van der Waals surface area (Å²) in [6.07, 6.45) is -1.11. The van der Waals surface area contributed by atoms with E-state index < -0.39 is 12.0 Å². The standard InChI is InChI=1S/C10H11Cl2NO3/c1-5(14)10(15)13-8-3-7(12)9(16-2)4-6(8)11/h3-5,14H,1-2H3,(H,13,15). The Bertz CT molecular complexity index is 407. The number of anilines is 1. The SMILES string of the molecule is COc1cc(Cl)c(NC(=O)C(C)O)cc1Cl. The zero-order chi connectivity index (χ0) is 12.3. The summed E-state index contributed by atoms with van der Waals surface area (Å²) in [4.78, 5) is 11.2. The lowest BCUT2D eigenvalue weighted by atomic mass is 10.2. The third-order valence-corrected chi connectivity index (χ3v) is 2.49. The topological polar surface area (TPSA) is 58.6 Å². The van der Waals surface area contributed by atoms with E-state index in [0.717, 1.165) is 0 Å². The quantitative estimate of drug-likeness (QED) is 0.880. The highest BCUT2D eigenvalue weighted by atomic mass is 35.5. The lowest BCUT2D eigenvalue weighted by Gasteiger charge is -2.11. The normalized spacial score (nSPS) is 12.1. The van der Waals surface area contributed by atoms with Gasteiger partial charge in [0.15, 0.2) is 0 Å². The molecule has 0 radical (unpaired) electrons. The van der Waals surface area contributed by atoms with E-state index in [-0.39, 0.29) is 5.02 Å². The highest BCUT2D eigenvalue weighted by Gasteiger charge is 2.13. The van der Waals surface area contributed by atoms with Gasteiger partial charge in [-0.1, -0.05) is 23.2 Å². The first-order valence-corrected chi connectivity index (χ1v) is 5.23. The van der Waals surface area contributed by atoms with Crippen molar-refractivity contribution in [3.63, 3.8) is 0 Å². The molecule has 0 heterocycles. The van der Waals surface area contributed by atoms with Crippen LogP contribution in [0.1, 0.15) is 6.92 Å². The molecule has 1 rings (SSSR count). The van der Waals surface area contributed by atoms with Gasteiger partial charge in [-0.2, -0.15) is 0 Å². The Kier molecular flexibility index (Phi) is 4.41. The molecule has 0 spiro atoms. The van der Waals surface area contributed by atoms with Crippen LogP contribution in [0.2, 0.25) is 10.0 Å². The van der Waals surface area contributed by atoms with Crippen molar-refractivity contribution in [2.24, 2.45) is 0 Å². The number of aliphatic hydroxyl groups is 1. The molecule has 1 amide bonds. The summed E-state index contributed by atoms with van der Waals surface area (Å²) in [5.41, 5.74) is 0.332. The summed E-state index contributed by atoms with van der Waals surface area (Å²) in [6.45, 7) is 1.36. The lowest BCUT2D eigenvalue weighted by molar-refractivity contribution is -0.123. The molecule has 0 saturated carbocycles. The van der Waals surface area contributed by atoms with Crippen molar-refractivity contribution in [3.05, 3.63) is 22.2 Å². The Morgan fingerprint density at radius 3 is 2.56 bits per heavy atom. The van der Waals surface area contributed by atoms with Crippen molar-refractivity contribution in [3.8, 4) is 5.75 Å². The zero-order valence-electron chi connectivity index (χ0n) is 8.75. The first-order valence-electron chi connectivity index (χ1n) is 4.47. The van der Waals surface area contributed by atoms with Gasteiger partial charge in [0.05, 0.1) is 22.8 Å². The number of ether oxygens (including phenoxy) is 1. The maximum absolute atomic E-state index is 11.2. The van der Waals surface area contributed by atoms with Crippen LogP contribution in [-0.2, 0) is 4.79 Å². The fourth-order valence-corrected chi connectivity index (χ4v) is 1.46. The van der Waals surface area contributed by atoms with Crippen molar-refractivity contribution in [2.75, 3.05) is 12.4 Å². The number of methoxy groups -OCH3 is 1. The van der Waals surface area contributed by atoms with Gasteiger partial charge in [-0.05, 0) is 13.0 Å². The minimum Gasteiger partial charge on any atom is -0.495 e. The molecule has 2 N–H and O–H groups in total. The van der Waals surface area contributed by atoms with E-state index in [4.69, 9.17) is 33.0 Å². The summed E-state index contributed by atoms with van der Waals surface area (Å²) in [5.74, 6) is -0.134. The van der Waals surface area contributed by atoms with Gasteiger partial charge in [0, 0.05) is 6.07 Å². The van der Waals surface area contributed by atoms with Crippen LogP contribution in [0.3, 0.4) is 0 Å². The molecular weight excluding hydrogens is 253 g/mol. The van der Waals surface area contributed by atoms with Crippen LogP contribution in [0.5, 0.6) is 5.75 Å². The number of carbonyl (C=O) groups is 1. The van der Waals surface area contributed by atoms with E-state index in [2.05, 4.69) is 5.32 Å². The molecule has 4 nitrogen and oxygen atoms in total. The number of hydrogen-bond acceptors (Lipinski definition) is 3. The van der Waals surface area contributed by atoms with Crippen molar-refractivity contribution in [1.29, 1.82) is 0 Å². The molecule has 0 fully saturated rings. The Hall–Kier alpha value is -0.970. The number of benzene rings is 1. The van der Waals surface area contributed by atoms with E-state index in [0.29, 0.717) is 16.5 Å². The molecule has 0 bridgehead atoms. The van der Waals surface area contributed by atoms with Crippen LogP contribution >= 0.6 is 23.2 Å². The molecule has 88 valence electrons. The van der Waals surface area contributed by atoms with Crippen LogP contribution in [0.25, 0.3) is 0 Å². The number of nitrogens with one attached hydrogen (secondary N) is 1. The Labute approximate surface area is 103 Å². The van der Waals surface area contributed by atoms with Gasteiger partial charge in [0.1, 0.15) is 11.9 Å². The van der Waals surface area contributed by atoms with Gasteiger partial charge in [-0.25, -0.2) is 0 Å². The van der Waals surface area contributed by atoms with E-state index >= 15 is 0 Å². The predicted molar refractivity (Wildman–Crippen MR) is 63.3 cm³/mol. The predicted octanol–water partition coefficient (Wildman–Crippen LogP) is 2.32. The van der Waals surface area contributed by atoms with Crippen molar-refractivity contribution in [1.82, 2.24) is 0 Å². The number of aliphatic hydroxyl groups excluding tert-OH is 1. The van der Waals surface area contributed by atoms with Crippen LogP contribution in [0, 0.1) is 0 Å². The molecule has 0 saturated heterocycles. The molecule has 0 aliphatic rings. The van der Waals surface area contributed by atoms with Crippen molar-refractivity contribution in [2.45, 2.75) is 13.0 Å². The fraction of sp³-hybridized carbons (Fsp3) is 0.300. The molecular formula is C10H11Cl2NO3. The molecule has 1 unspecified atom stereocenters. The third-order valence-electron chi connectivity index (χ3n) is 1.88. The number of rotatable bonds is 3. The first-order chi connectivity index (χ1) is 7.45. The minimum absolute atomic E-state index is 0.287. The molecule has 0 aliphatic carbocycles. The second-order valence-electron chi connectivity index (χ2n) is 3.13. The van der Waals surface area contributed by atoms with Crippen LogP contribution < -0.4 is 10.1 Å². The van der Waals surface area contributed by atoms with Gasteiger partial charge in [-0.3, -0.25) is 4.79 Å². The second-order valence-corrected chi connectivity index (χ2v) is 3.95. The Morgan fingerprint density at radius 2 is 2.06 bits per heavy atom. The molecule has 1 atom stereocenters. The average molecular weight is 264 g/mol. The fourth-order valence-electron chi connectivity index (χ4n) is 1.02. The maximum Gasteiger partial charge on any atom is 0.252 e. The van der Waals surface area contributed by atoms with Gasteiger partial charge in [-0.15, -0.1) is 0 Å². The van der Waals surface area contributed by atoms with E-state index in [1.165, 1.54) is 26.2 Å². The van der Waals surface area contributed by atoms with Gasteiger partial charge < -0.3 is 15.2 Å². The smallest absolute Gasteiger partial charge is 0.252 e. The summed E-state index contributed by atoms with van der Waals surface area (Å²) in [7, 11) is 1.46. The Morgan fingerprint density at radius 1 is 1.44 bits per heavy atom. The number of amides is 1. The number of carbonyl (C=O) groups excluding carboxylic acids is 1. The molecule has 6 heteroatoms. The molecule has 1 aromatic carbocycles. The van der Waals surface area contributed by atoms with E-state index in [1.807, 2.05) is 0 Å². The second kappa shape index (κ2) is 5.39. The maximum atomic E-state index is 11.2. The van der Waals surface area contributed by atoms with Gasteiger partial charge >= 0.3 is 0 Å². The first kappa shape index (κ1) is 13.1. The van der Waals surface area contributed by atoms with E-state index in [9.17, 15) is 4.79 Å². The third kappa shape index (κ3) is 3.01. The highest BCUT2D eigenvalue weighted by Crippen LogP contribution is 2.33. The Balaban J connectivity index is 2.98. The average Bonchev–Trinajstić information content (AvgIpc) is 2.22. The zero-order valence-corrected chi connectivity index (χ0v) is 10.3. The lowest BCUT2D eigenvalue weighted by Crippen LogP contribution is -2.24.